The zero-order valence-corrected chi connectivity index (χ0v) is 18.5. The second kappa shape index (κ2) is 8.88. The van der Waals surface area contributed by atoms with E-state index in [0.717, 1.165) is 30.7 Å². The number of nitrogens with zero attached hydrogens (tertiary/aromatic N) is 3. The molecule has 4 rings (SSSR count). The number of carbonyl (C=O) groups excluding carboxylic acids is 1. The van der Waals surface area contributed by atoms with E-state index in [4.69, 9.17) is 9.47 Å². The zero-order chi connectivity index (χ0) is 22.0. The maximum Gasteiger partial charge on any atom is 0.234 e. The largest absolute Gasteiger partial charge is 0.493 e. The summed E-state index contributed by atoms with van der Waals surface area (Å²) in [6.07, 6.45) is 7.58. The van der Waals surface area contributed by atoms with E-state index >= 15 is 0 Å². The van der Waals surface area contributed by atoms with Crippen molar-refractivity contribution in [3.8, 4) is 11.5 Å². The van der Waals surface area contributed by atoms with Gasteiger partial charge < -0.3 is 24.5 Å². The number of benzene rings is 1. The van der Waals surface area contributed by atoms with E-state index in [1.165, 1.54) is 0 Å². The van der Waals surface area contributed by atoms with Gasteiger partial charge in [0.05, 0.1) is 20.8 Å². The minimum Gasteiger partial charge on any atom is -0.493 e. The molecular formula is C23H32N4O4. The number of aromatic nitrogens is 2. The Labute approximate surface area is 183 Å². The van der Waals surface area contributed by atoms with Gasteiger partial charge in [-0.2, -0.15) is 0 Å². The molecule has 2 atom stereocenters. The van der Waals surface area contributed by atoms with Crippen molar-refractivity contribution in [2.75, 3.05) is 27.3 Å². The van der Waals surface area contributed by atoms with Crippen molar-refractivity contribution in [3.63, 3.8) is 0 Å². The molecule has 3 heterocycles. The Hall–Kier alpha value is -2.58. The predicted molar refractivity (Wildman–Crippen MR) is 116 cm³/mol. The number of hydrogen-bond donors (Lipinski definition) is 2. The molecule has 0 spiro atoms. The van der Waals surface area contributed by atoms with Gasteiger partial charge in [-0.1, -0.05) is 6.07 Å². The van der Waals surface area contributed by atoms with Gasteiger partial charge in [-0.3, -0.25) is 9.69 Å². The Kier molecular flexibility index (Phi) is 6.20. The van der Waals surface area contributed by atoms with Crippen molar-refractivity contribution in [1.82, 2.24) is 19.8 Å². The molecule has 0 aliphatic carbocycles. The molecule has 0 radical (unpaired) electrons. The molecular weight excluding hydrogens is 396 g/mol. The third kappa shape index (κ3) is 4.41. The summed E-state index contributed by atoms with van der Waals surface area (Å²) in [5, 5.41) is 14.3. The molecule has 2 N–H and O–H groups in total. The van der Waals surface area contributed by atoms with Crippen LogP contribution in [0.2, 0.25) is 0 Å². The summed E-state index contributed by atoms with van der Waals surface area (Å²) in [5.41, 5.74) is 0.168. The molecule has 1 aromatic heterocycles. The van der Waals surface area contributed by atoms with E-state index in [0.29, 0.717) is 37.4 Å². The van der Waals surface area contributed by atoms with Crippen LogP contribution < -0.4 is 14.8 Å². The SMILES string of the molecule is COc1ccc(CCNC(=O)CN2C3CCC2CC(O)(c2nccn2C)C3)cc1OC. The summed E-state index contributed by atoms with van der Waals surface area (Å²) in [6, 6.07) is 6.21. The van der Waals surface area contributed by atoms with Crippen molar-refractivity contribution < 1.29 is 19.4 Å². The first kappa shape index (κ1) is 21.6. The lowest BCUT2D eigenvalue weighted by Gasteiger charge is -2.43. The van der Waals surface area contributed by atoms with Crippen LogP contribution in [0.3, 0.4) is 0 Å². The summed E-state index contributed by atoms with van der Waals surface area (Å²) >= 11 is 0. The van der Waals surface area contributed by atoms with Gasteiger partial charge in [0.1, 0.15) is 11.4 Å². The van der Waals surface area contributed by atoms with Crippen LogP contribution in [-0.4, -0.2) is 64.9 Å². The fraction of sp³-hybridized carbons (Fsp3) is 0.565. The molecule has 2 aliphatic heterocycles. The number of ether oxygens (including phenoxy) is 2. The highest BCUT2D eigenvalue weighted by atomic mass is 16.5. The van der Waals surface area contributed by atoms with Crippen LogP contribution >= 0.6 is 0 Å². The van der Waals surface area contributed by atoms with Gasteiger partial charge in [-0.25, -0.2) is 4.98 Å². The average Bonchev–Trinajstić information content (AvgIpc) is 3.29. The molecule has 2 bridgehead atoms. The minimum absolute atomic E-state index is 0.0276. The third-order valence-electron chi connectivity index (χ3n) is 6.67. The Bertz CT molecular complexity index is 914. The molecule has 2 unspecified atom stereocenters. The second-order valence-electron chi connectivity index (χ2n) is 8.65. The summed E-state index contributed by atoms with van der Waals surface area (Å²) in [4.78, 5) is 19.3. The Balaban J connectivity index is 1.30. The number of methoxy groups -OCH3 is 2. The lowest BCUT2D eigenvalue weighted by molar-refractivity contribution is -0.126. The first-order valence-corrected chi connectivity index (χ1v) is 10.9. The number of aliphatic hydroxyl groups is 1. The fourth-order valence-electron chi connectivity index (χ4n) is 5.18. The van der Waals surface area contributed by atoms with Crippen LogP contribution in [0.25, 0.3) is 0 Å². The molecule has 2 fully saturated rings. The minimum atomic E-state index is -0.912. The lowest BCUT2D eigenvalue weighted by Crippen LogP contribution is -2.53. The monoisotopic (exact) mass is 428 g/mol. The predicted octanol–water partition coefficient (Wildman–Crippen LogP) is 1.61. The van der Waals surface area contributed by atoms with Gasteiger partial charge in [0, 0.05) is 38.1 Å². The summed E-state index contributed by atoms with van der Waals surface area (Å²) in [5.74, 6) is 2.14. The number of hydrogen-bond acceptors (Lipinski definition) is 6. The van der Waals surface area contributed by atoms with Gasteiger partial charge in [0.25, 0.3) is 0 Å². The van der Waals surface area contributed by atoms with E-state index in [1.54, 1.807) is 20.4 Å². The highest BCUT2D eigenvalue weighted by Gasteiger charge is 2.50. The number of aryl methyl sites for hydroxylation is 1. The first-order chi connectivity index (χ1) is 14.9. The molecule has 8 nitrogen and oxygen atoms in total. The molecule has 2 aliphatic rings. The molecule has 0 saturated carbocycles. The van der Waals surface area contributed by atoms with Gasteiger partial charge in [0.2, 0.25) is 5.91 Å². The standard InChI is InChI=1S/C23H32N4O4/c1-26-11-10-25-22(26)23(29)13-17-5-6-18(14-23)27(17)15-21(28)24-9-8-16-4-7-19(30-2)20(12-16)31-3/h4,7,10-12,17-18,29H,5-6,8-9,13-15H2,1-3H3,(H,24,28). The number of carbonyl (C=O) groups is 1. The lowest BCUT2D eigenvalue weighted by atomic mass is 9.85. The second-order valence-corrected chi connectivity index (χ2v) is 8.65. The number of piperidine rings is 1. The Morgan fingerprint density at radius 3 is 2.55 bits per heavy atom. The van der Waals surface area contributed by atoms with Crippen LogP contribution in [0.1, 0.15) is 37.1 Å². The summed E-state index contributed by atoms with van der Waals surface area (Å²) < 4.78 is 12.5. The smallest absolute Gasteiger partial charge is 0.234 e. The topological polar surface area (TPSA) is 88.9 Å². The number of fused-ring (bicyclic) bond motifs is 2. The Morgan fingerprint density at radius 2 is 1.94 bits per heavy atom. The highest BCUT2D eigenvalue weighted by Crippen LogP contribution is 2.44. The van der Waals surface area contributed by atoms with E-state index in [2.05, 4.69) is 15.2 Å². The van der Waals surface area contributed by atoms with Gasteiger partial charge in [-0.15, -0.1) is 0 Å². The van der Waals surface area contributed by atoms with Crippen LogP contribution in [0.5, 0.6) is 11.5 Å². The normalized spacial score (nSPS) is 25.4. The van der Waals surface area contributed by atoms with Crippen LogP contribution in [-0.2, 0) is 23.9 Å². The maximum absolute atomic E-state index is 12.6. The van der Waals surface area contributed by atoms with Crippen molar-refractivity contribution in [1.29, 1.82) is 0 Å². The van der Waals surface area contributed by atoms with Crippen molar-refractivity contribution in [2.45, 2.75) is 49.8 Å². The fourth-order valence-corrected chi connectivity index (χ4v) is 5.18. The van der Waals surface area contributed by atoms with Crippen molar-refractivity contribution >= 4 is 5.91 Å². The molecule has 1 amide bonds. The van der Waals surface area contributed by atoms with Crippen LogP contribution in [0.4, 0.5) is 0 Å². The number of rotatable bonds is 8. The number of nitrogens with one attached hydrogen (secondary N) is 1. The Morgan fingerprint density at radius 1 is 1.23 bits per heavy atom. The van der Waals surface area contributed by atoms with Gasteiger partial charge in [-0.05, 0) is 49.8 Å². The zero-order valence-electron chi connectivity index (χ0n) is 18.5. The molecule has 168 valence electrons. The van der Waals surface area contributed by atoms with Crippen molar-refractivity contribution in [3.05, 3.63) is 42.0 Å². The van der Waals surface area contributed by atoms with E-state index in [1.807, 2.05) is 36.0 Å². The summed E-state index contributed by atoms with van der Waals surface area (Å²) in [6.45, 7) is 0.937. The molecule has 31 heavy (non-hydrogen) atoms. The average molecular weight is 429 g/mol. The van der Waals surface area contributed by atoms with Crippen LogP contribution in [0.15, 0.2) is 30.6 Å². The van der Waals surface area contributed by atoms with E-state index < -0.39 is 5.60 Å². The van der Waals surface area contributed by atoms with Crippen LogP contribution in [0, 0.1) is 0 Å². The number of imidazole rings is 1. The quantitative estimate of drug-likeness (QED) is 0.664. The third-order valence-corrected chi connectivity index (χ3v) is 6.67. The number of amides is 1. The highest BCUT2D eigenvalue weighted by molar-refractivity contribution is 5.78. The summed E-state index contributed by atoms with van der Waals surface area (Å²) in [7, 11) is 5.15. The van der Waals surface area contributed by atoms with E-state index in [-0.39, 0.29) is 18.0 Å². The molecule has 1 aromatic carbocycles. The van der Waals surface area contributed by atoms with Gasteiger partial charge >= 0.3 is 0 Å². The molecule has 8 heteroatoms. The first-order valence-electron chi connectivity index (χ1n) is 10.9. The molecule has 2 aromatic rings. The maximum atomic E-state index is 12.6. The van der Waals surface area contributed by atoms with Crippen molar-refractivity contribution in [2.24, 2.45) is 7.05 Å². The van der Waals surface area contributed by atoms with E-state index in [9.17, 15) is 9.90 Å². The molecule has 2 saturated heterocycles. The van der Waals surface area contributed by atoms with Gasteiger partial charge in [0.15, 0.2) is 11.5 Å².